The number of hydrogen-bond donors (Lipinski definition) is 3. The lowest BCUT2D eigenvalue weighted by atomic mass is 10.2. The predicted octanol–water partition coefficient (Wildman–Crippen LogP) is 2.40. The van der Waals surface area contributed by atoms with Gasteiger partial charge in [0.2, 0.25) is 0 Å². The molecular weight excluding hydrogens is 332 g/mol. The maximum atomic E-state index is 12.2. The van der Waals surface area contributed by atoms with E-state index in [0.29, 0.717) is 11.4 Å². The lowest BCUT2D eigenvalue weighted by Gasteiger charge is -2.21. The molecule has 0 bridgehead atoms. The number of benzene rings is 2. The van der Waals surface area contributed by atoms with Crippen LogP contribution in [0, 0.1) is 11.3 Å². The average Bonchev–Trinajstić information content (AvgIpc) is 2.64. The Morgan fingerprint density at radius 3 is 2.27 bits per heavy atom. The molecule has 7 heteroatoms. The number of nitrogens with one attached hydrogen (secondary N) is 1. The Kier molecular flexibility index (Phi) is 5.96. The van der Waals surface area contributed by atoms with E-state index in [1.165, 1.54) is 13.1 Å². The molecule has 132 valence electrons. The molecule has 26 heavy (non-hydrogen) atoms. The minimum absolute atomic E-state index is 0.223. The highest BCUT2D eigenvalue weighted by Gasteiger charge is 2.19. The number of nitriles is 1. The number of amides is 1. The van der Waals surface area contributed by atoms with E-state index < -0.39 is 17.9 Å². The zero-order chi connectivity index (χ0) is 19.1. The summed E-state index contributed by atoms with van der Waals surface area (Å²) in [6, 6.07) is 16.8. The van der Waals surface area contributed by atoms with E-state index in [-0.39, 0.29) is 5.57 Å². The SMILES string of the molecule is CC(NC(=O)/C(C#N)=C\N(c1ccccc1)c1ccc(N)cc1)C(=O)O. The van der Waals surface area contributed by atoms with Gasteiger partial charge in [-0.3, -0.25) is 9.59 Å². The molecule has 1 unspecified atom stereocenters. The topological polar surface area (TPSA) is 119 Å². The standard InChI is InChI=1S/C19H18N4O3/c1-13(19(25)26)22-18(24)14(11-20)12-23(16-5-3-2-4-6-16)17-9-7-15(21)8-10-17/h2-10,12-13H,21H2,1H3,(H,22,24)(H,25,26)/b14-12-. The zero-order valence-corrected chi connectivity index (χ0v) is 14.1. The van der Waals surface area contributed by atoms with E-state index in [1.54, 1.807) is 29.2 Å². The van der Waals surface area contributed by atoms with Crippen molar-refractivity contribution in [3.63, 3.8) is 0 Å². The minimum atomic E-state index is -1.19. The number of nitrogens with two attached hydrogens (primary N) is 1. The second-order valence-corrected chi connectivity index (χ2v) is 5.49. The molecule has 2 aromatic carbocycles. The normalized spacial score (nSPS) is 11.9. The van der Waals surface area contributed by atoms with Crippen molar-refractivity contribution in [1.29, 1.82) is 5.26 Å². The number of carboxylic acid groups (broad SMARTS) is 1. The molecule has 0 aromatic heterocycles. The summed E-state index contributed by atoms with van der Waals surface area (Å²) in [6.07, 6.45) is 1.37. The molecule has 7 nitrogen and oxygen atoms in total. The number of nitrogen functional groups attached to an aromatic ring is 1. The smallest absolute Gasteiger partial charge is 0.325 e. The molecule has 0 saturated heterocycles. The van der Waals surface area contributed by atoms with Crippen molar-refractivity contribution >= 4 is 28.9 Å². The van der Waals surface area contributed by atoms with Crippen LogP contribution in [0.2, 0.25) is 0 Å². The molecular formula is C19H18N4O3. The van der Waals surface area contributed by atoms with Crippen molar-refractivity contribution in [3.05, 3.63) is 66.4 Å². The van der Waals surface area contributed by atoms with Crippen LogP contribution in [0.1, 0.15) is 6.92 Å². The highest BCUT2D eigenvalue weighted by Crippen LogP contribution is 2.27. The molecule has 2 rings (SSSR count). The summed E-state index contributed by atoms with van der Waals surface area (Å²) in [5, 5.41) is 20.5. The Labute approximate surface area is 151 Å². The van der Waals surface area contributed by atoms with Crippen LogP contribution in [-0.4, -0.2) is 23.0 Å². The van der Waals surface area contributed by atoms with Crippen LogP contribution in [0.4, 0.5) is 17.1 Å². The zero-order valence-electron chi connectivity index (χ0n) is 14.1. The van der Waals surface area contributed by atoms with E-state index in [0.717, 1.165) is 5.69 Å². The van der Waals surface area contributed by atoms with Gasteiger partial charge in [-0.15, -0.1) is 0 Å². The molecule has 0 fully saturated rings. The predicted molar refractivity (Wildman–Crippen MR) is 98.4 cm³/mol. The van der Waals surface area contributed by atoms with Gasteiger partial charge in [0, 0.05) is 23.3 Å². The summed E-state index contributed by atoms with van der Waals surface area (Å²) in [4.78, 5) is 24.8. The van der Waals surface area contributed by atoms with Crippen LogP contribution < -0.4 is 16.0 Å². The van der Waals surface area contributed by atoms with Crippen molar-refractivity contribution in [2.24, 2.45) is 0 Å². The lowest BCUT2D eigenvalue weighted by Crippen LogP contribution is -2.39. The number of nitrogens with zero attached hydrogens (tertiary/aromatic N) is 2. The van der Waals surface area contributed by atoms with Gasteiger partial charge in [-0.2, -0.15) is 5.26 Å². The third kappa shape index (κ3) is 4.61. The molecule has 0 aliphatic carbocycles. The summed E-state index contributed by atoms with van der Waals surface area (Å²) in [5.74, 6) is -1.95. The van der Waals surface area contributed by atoms with Crippen LogP contribution in [0.25, 0.3) is 0 Å². The largest absolute Gasteiger partial charge is 0.480 e. The van der Waals surface area contributed by atoms with Gasteiger partial charge in [-0.1, -0.05) is 18.2 Å². The Morgan fingerprint density at radius 1 is 1.15 bits per heavy atom. The number of carbonyl (C=O) groups excluding carboxylic acids is 1. The van der Waals surface area contributed by atoms with Crippen molar-refractivity contribution in [3.8, 4) is 6.07 Å². The van der Waals surface area contributed by atoms with Crippen LogP contribution in [0.3, 0.4) is 0 Å². The fourth-order valence-electron chi connectivity index (χ4n) is 2.13. The number of hydrogen-bond acceptors (Lipinski definition) is 5. The van der Waals surface area contributed by atoms with Crippen molar-refractivity contribution in [2.75, 3.05) is 10.6 Å². The summed E-state index contributed by atoms with van der Waals surface area (Å²) in [5.41, 5.74) is 7.50. The monoisotopic (exact) mass is 350 g/mol. The fraction of sp³-hybridized carbons (Fsp3) is 0.105. The third-order valence-corrected chi connectivity index (χ3v) is 3.55. The average molecular weight is 350 g/mol. The van der Waals surface area contributed by atoms with Gasteiger partial charge in [-0.05, 0) is 43.3 Å². The summed E-state index contributed by atoms with van der Waals surface area (Å²) >= 11 is 0. The first-order valence-corrected chi connectivity index (χ1v) is 7.77. The molecule has 1 amide bonds. The van der Waals surface area contributed by atoms with Gasteiger partial charge in [0.1, 0.15) is 17.7 Å². The first kappa shape index (κ1) is 18.5. The maximum absolute atomic E-state index is 12.2. The maximum Gasteiger partial charge on any atom is 0.325 e. The number of carbonyl (C=O) groups is 2. The molecule has 0 heterocycles. The first-order chi connectivity index (χ1) is 12.4. The highest BCUT2D eigenvalue weighted by molar-refractivity contribution is 5.99. The molecule has 0 aliphatic rings. The summed E-state index contributed by atoms with van der Waals surface area (Å²) in [7, 11) is 0. The van der Waals surface area contributed by atoms with Gasteiger partial charge >= 0.3 is 5.97 Å². The molecule has 0 aliphatic heterocycles. The summed E-state index contributed by atoms with van der Waals surface area (Å²) < 4.78 is 0. The van der Waals surface area contributed by atoms with Gasteiger partial charge in [0.05, 0.1) is 0 Å². The van der Waals surface area contributed by atoms with Gasteiger partial charge in [0.15, 0.2) is 0 Å². The molecule has 0 radical (unpaired) electrons. The van der Waals surface area contributed by atoms with Crippen molar-refractivity contribution in [1.82, 2.24) is 5.32 Å². The number of carboxylic acids is 1. The van der Waals surface area contributed by atoms with E-state index >= 15 is 0 Å². The van der Waals surface area contributed by atoms with E-state index in [1.807, 2.05) is 36.4 Å². The molecule has 2 aromatic rings. The van der Waals surface area contributed by atoms with Crippen LogP contribution in [0.15, 0.2) is 66.4 Å². The minimum Gasteiger partial charge on any atom is -0.480 e. The highest BCUT2D eigenvalue weighted by atomic mass is 16.4. The van der Waals surface area contributed by atoms with Crippen LogP contribution in [-0.2, 0) is 9.59 Å². The molecule has 0 saturated carbocycles. The fourth-order valence-corrected chi connectivity index (χ4v) is 2.13. The van der Waals surface area contributed by atoms with Crippen LogP contribution in [0.5, 0.6) is 0 Å². The Hall–Kier alpha value is -3.79. The van der Waals surface area contributed by atoms with Gasteiger partial charge < -0.3 is 21.1 Å². The van der Waals surface area contributed by atoms with E-state index in [2.05, 4.69) is 5.32 Å². The van der Waals surface area contributed by atoms with Gasteiger partial charge in [0.25, 0.3) is 5.91 Å². The number of rotatable bonds is 6. The quantitative estimate of drug-likeness (QED) is 0.418. The molecule has 0 spiro atoms. The molecule has 1 atom stereocenters. The Bertz CT molecular complexity index is 855. The lowest BCUT2D eigenvalue weighted by molar-refractivity contribution is -0.140. The number of para-hydroxylation sites is 1. The molecule has 4 N–H and O–H groups in total. The van der Waals surface area contributed by atoms with E-state index in [9.17, 15) is 14.9 Å². The van der Waals surface area contributed by atoms with Crippen molar-refractivity contribution in [2.45, 2.75) is 13.0 Å². The number of aliphatic carboxylic acids is 1. The number of anilines is 3. The van der Waals surface area contributed by atoms with Crippen molar-refractivity contribution < 1.29 is 14.7 Å². The summed E-state index contributed by atoms with van der Waals surface area (Å²) in [6.45, 7) is 1.32. The Morgan fingerprint density at radius 2 is 1.73 bits per heavy atom. The van der Waals surface area contributed by atoms with E-state index in [4.69, 9.17) is 10.8 Å². The van der Waals surface area contributed by atoms with Gasteiger partial charge in [-0.25, -0.2) is 0 Å². The Balaban J connectivity index is 2.42. The first-order valence-electron chi connectivity index (χ1n) is 7.77. The van der Waals surface area contributed by atoms with Crippen LogP contribution >= 0.6 is 0 Å². The second-order valence-electron chi connectivity index (χ2n) is 5.49. The second kappa shape index (κ2) is 8.35. The third-order valence-electron chi connectivity index (χ3n) is 3.55.